The summed E-state index contributed by atoms with van der Waals surface area (Å²) >= 11 is 0. The molecule has 0 unspecified atom stereocenters. The van der Waals surface area contributed by atoms with Crippen molar-refractivity contribution >= 4 is 11.4 Å². The molecule has 0 aliphatic rings. The van der Waals surface area contributed by atoms with Crippen LogP contribution in [0.4, 0.5) is 11.4 Å². The highest BCUT2D eigenvalue weighted by molar-refractivity contribution is 5.87. The van der Waals surface area contributed by atoms with E-state index in [9.17, 15) is 20.2 Å². The second kappa shape index (κ2) is 6.29. The van der Waals surface area contributed by atoms with Gasteiger partial charge < -0.3 is 0 Å². The van der Waals surface area contributed by atoms with E-state index in [1.54, 1.807) is 12.1 Å². The molecule has 3 rings (SSSR count). The summed E-state index contributed by atoms with van der Waals surface area (Å²) in [6.45, 7) is 0. The monoisotopic (exact) mass is 320 g/mol. The molecule has 0 aliphatic heterocycles. The molecule has 3 aromatic rings. The lowest BCUT2D eigenvalue weighted by atomic mass is 9.93. The standard InChI is InChI=1S/C18H12N2O4/c21-19(22)14-10-11-17(18(12-14)20(23)24)16-9-5-4-8-15(16)13-6-2-1-3-7-13/h1-12H. The van der Waals surface area contributed by atoms with Gasteiger partial charge in [0, 0.05) is 6.07 Å². The Morgan fingerprint density at radius 1 is 0.625 bits per heavy atom. The molecule has 0 atom stereocenters. The highest BCUT2D eigenvalue weighted by Crippen LogP contribution is 2.38. The van der Waals surface area contributed by atoms with Gasteiger partial charge in [-0.15, -0.1) is 0 Å². The topological polar surface area (TPSA) is 86.3 Å². The molecular formula is C18H12N2O4. The summed E-state index contributed by atoms with van der Waals surface area (Å²) in [5.41, 5.74) is 2.17. The molecule has 0 aromatic heterocycles. The van der Waals surface area contributed by atoms with E-state index in [4.69, 9.17) is 0 Å². The van der Waals surface area contributed by atoms with Crippen LogP contribution in [0.3, 0.4) is 0 Å². The lowest BCUT2D eigenvalue weighted by Gasteiger charge is -2.10. The molecule has 0 N–H and O–H groups in total. The molecule has 6 nitrogen and oxygen atoms in total. The largest absolute Gasteiger partial charge is 0.284 e. The van der Waals surface area contributed by atoms with Crippen molar-refractivity contribution < 1.29 is 9.85 Å². The Kier molecular flexibility index (Phi) is 4.03. The number of rotatable bonds is 4. The van der Waals surface area contributed by atoms with Gasteiger partial charge in [0.2, 0.25) is 0 Å². The first-order chi connectivity index (χ1) is 11.6. The van der Waals surface area contributed by atoms with Gasteiger partial charge in [0.05, 0.1) is 21.5 Å². The molecule has 0 aliphatic carbocycles. The van der Waals surface area contributed by atoms with Crippen molar-refractivity contribution in [1.82, 2.24) is 0 Å². The SMILES string of the molecule is O=[N+]([O-])c1ccc(-c2ccccc2-c2ccccc2)c([N+](=O)[O-])c1. The van der Waals surface area contributed by atoms with Gasteiger partial charge in [-0.05, 0) is 22.8 Å². The van der Waals surface area contributed by atoms with Crippen LogP contribution < -0.4 is 0 Å². The summed E-state index contributed by atoms with van der Waals surface area (Å²) in [6.07, 6.45) is 0. The third-order valence-electron chi connectivity index (χ3n) is 3.69. The molecular weight excluding hydrogens is 308 g/mol. The number of nitro groups is 2. The maximum absolute atomic E-state index is 11.4. The normalized spacial score (nSPS) is 10.3. The van der Waals surface area contributed by atoms with Crippen molar-refractivity contribution in [3.63, 3.8) is 0 Å². The summed E-state index contributed by atoms with van der Waals surface area (Å²) < 4.78 is 0. The third-order valence-corrected chi connectivity index (χ3v) is 3.69. The first-order valence-corrected chi connectivity index (χ1v) is 7.15. The Morgan fingerprint density at radius 2 is 1.25 bits per heavy atom. The highest BCUT2D eigenvalue weighted by atomic mass is 16.6. The van der Waals surface area contributed by atoms with Crippen LogP contribution in [0.25, 0.3) is 22.3 Å². The van der Waals surface area contributed by atoms with Crippen LogP contribution in [-0.2, 0) is 0 Å². The van der Waals surface area contributed by atoms with Crippen molar-refractivity contribution in [3.05, 3.63) is 93.0 Å². The predicted octanol–water partition coefficient (Wildman–Crippen LogP) is 4.84. The maximum atomic E-state index is 11.4. The summed E-state index contributed by atoms with van der Waals surface area (Å²) in [5.74, 6) is 0. The van der Waals surface area contributed by atoms with Crippen LogP contribution in [0.2, 0.25) is 0 Å². The van der Waals surface area contributed by atoms with Gasteiger partial charge in [0.1, 0.15) is 0 Å². The zero-order valence-electron chi connectivity index (χ0n) is 12.5. The molecule has 118 valence electrons. The van der Waals surface area contributed by atoms with Gasteiger partial charge in [-0.3, -0.25) is 20.2 Å². The number of benzene rings is 3. The fourth-order valence-corrected chi connectivity index (χ4v) is 2.60. The number of hydrogen-bond donors (Lipinski definition) is 0. The van der Waals surface area contributed by atoms with Crippen LogP contribution in [0.1, 0.15) is 0 Å². The van der Waals surface area contributed by atoms with Gasteiger partial charge in [0.15, 0.2) is 0 Å². The van der Waals surface area contributed by atoms with Crippen LogP contribution >= 0.6 is 0 Å². The maximum Gasteiger partial charge on any atom is 0.284 e. The minimum atomic E-state index is -0.639. The quantitative estimate of drug-likeness (QED) is 0.508. The first kappa shape index (κ1) is 15.4. The van der Waals surface area contributed by atoms with E-state index < -0.39 is 9.85 Å². The number of non-ortho nitro benzene ring substituents is 1. The van der Waals surface area contributed by atoms with Gasteiger partial charge in [-0.2, -0.15) is 0 Å². The van der Waals surface area contributed by atoms with Gasteiger partial charge in [0.25, 0.3) is 11.4 Å². The summed E-state index contributed by atoms with van der Waals surface area (Å²) in [5, 5.41) is 22.3. The Labute approximate surface area is 137 Å². The molecule has 6 heteroatoms. The van der Waals surface area contributed by atoms with Crippen LogP contribution in [0.5, 0.6) is 0 Å². The van der Waals surface area contributed by atoms with E-state index in [0.717, 1.165) is 17.2 Å². The van der Waals surface area contributed by atoms with E-state index in [0.29, 0.717) is 11.1 Å². The van der Waals surface area contributed by atoms with Gasteiger partial charge in [-0.1, -0.05) is 54.6 Å². The predicted molar refractivity (Wildman–Crippen MR) is 90.6 cm³/mol. The smallest absolute Gasteiger partial charge is 0.258 e. The zero-order valence-corrected chi connectivity index (χ0v) is 12.5. The van der Waals surface area contributed by atoms with E-state index in [2.05, 4.69) is 0 Å². The summed E-state index contributed by atoms with van der Waals surface area (Å²) in [6, 6.07) is 20.5. The molecule has 0 heterocycles. The fourth-order valence-electron chi connectivity index (χ4n) is 2.60. The second-order valence-corrected chi connectivity index (χ2v) is 5.13. The average molecular weight is 320 g/mol. The van der Waals surface area contributed by atoms with Crippen molar-refractivity contribution in [1.29, 1.82) is 0 Å². The Bertz CT molecular complexity index is 923. The van der Waals surface area contributed by atoms with E-state index in [1.165, 1.54) is 12.1 Å². The molecule has 0 spiro atoms. The second-order valence-electron chi connectivity index (χ2n) is 5.13. The fraction of sp³-hybridized carbons (Fsp3) is 0. The van der Waals surface area contributed by atoms with E-state index >= 15 is 0 Å². The lowest BCUT2D eigenvalue weighted by Crippen LogP contribution is -1.96. The minimum absolute atomic E-state index is 0.285. The number of nitrogens with zero attached hydrogens (tertiary/aromatic N) is 2. The van der Waals surface area contributed by atoms with E-state index in [1.807, 2.05) is 42.5 Å². The minimum Gasteiger partial charge on any atom is -0.258 e. The summed E-state index contributed by atoms with van der Waals surface area (Å²) in [7, 11) is 0. The Morgan fingerprint density at radius 3 is 1.88 bits per heavy atom. The average Bonchev–Trinajstić information content (AvgIpc) is 2.62. The Balaban J connectivity index is 2.24. The molecule has 0 amide bonds. The molecule has 0 fully saturated rings. The van der Waals surface area contributed by atoms with Crippen molar-refractivity contribution in [2.75, 3.05) is 0 Å². The van der Waals surface area contributed by atoms with E-state index in [-0.39, 0.29) is 11.4 Å². The van der Waals surface area contributed by atoms with Gasteiger partial charge in [-0.25, -0.2) is 0 Å². The molecule has 0 bridgehead atoms. The van der Waals surface area contributed by atoms with Crippen molar-refractivity contribution in [3.8, 4) is 22.3 Å². The molecule has 0 saturated heterocycles. The highest BCUT2D eigenvalue weighted by Gasteiger charge is 2.22. The van der Waals surface area contributed by atoms with Crippen molar-refractivity contribution in [2.24, 2.45) is 0 Å². The molecule has 0 saturated carbocycles. The van der Waals surface area contributed by atoms with Crippen LogP contribution in [0, 0.1) is 20.2 Å². The lowest BCUT2D eigenvalue weighted by molar-refractivity contribution is -0.393. The zero-order chi connectivity index (χ0) is 17.1. The van der Waals surface area contributed by atoms with Gasteiger partial charge >= 0.3 is 0 Å². The van der Waals surface area contributed by atoms with Crippen LogP contribution in [0.15, 0.2) is 72.8 Å². The van der Waals surface area contributed by atoms with Crippen molar-refractivity contribution in [2.45, 2.75) is 0 Å². The third kappa shape index (κ3) is 2.85. The Hall–Kier alpha value is -3.54. The molecule has 0 radical (unpaired) electrons. The molecule has 3 aromatic carbocycles. The first-order valence-electron chi connectivity index (χ1n) is 7.15. The summed E-state index contributed by atoms with van der Waals surface area (Å²) in [4.78, 5) is 21.1. The van der Waals surface area contributed by atoms with Crippen LogP contribution in [-0.4, -0.2) is 9.85 Å². The number of hydrogen-bond acceptors (Lipinski definition) is 4. The molecule has 24 heavy (non-hydrogen) atoms. The number of nitro benzene ring substituents is 2.